The van der Waals surface area contributed by atoms with Crippen LogP contribution in [0.15, 0.2) is 24.3 Å². The van der Waals surface area contributed by atoms with Gasteiger partial charge in [0.15, 0.2) is 0 Å². The molecule has 0 atom stereocenters. The van der Waals surface area contributed by atoms with Gasteiger partial charge in [0.2, 0.25) is 0 Å². The number of hydrogen-bond acceptors (Lipinski definition) is 2. The molecule has 0 radical (unpaired) electrons. The molecular weight excluding hydrogens is 320 g/mol. The van der Waals surface area contributed by atoms with Gasteiger partial charge in [0, 0.05) is 5.33 Å². The summed E-state index contributed by atoms with van der Waals surface area (Å²) in [7, 11) is 0. The van der Waals surface area contributed by atoms with Crippen molar-refractivity contribution in [3.63, 3.8) is 0 Å². The van der Waals surface area contributed by atoms with Crippen molar-refractivity contribution < 1.29 is 14.6 Å². The predicted octanol–water partition coefficient (Wildman–Crippen LogP) is 4.89. The number of halogens is 1. The molecule has 4 heteroatoms. The summed E-state index contributed by atoms with van der Waals surface area (Å²) in [5, 5.41) is 9.90. The quantitative estimate of drug-likeness (QED) is 0.460. The second-order valence-corrected chi connectivity index (χ2v) is 5.63. The molecule has 20 heavy (non-hydrogen) atoms. The van der Waals surface area contributed by atoms with E-state index in [4.69, 9.17) is 9.84 Å². The van der Waals surface area contributed by atoms with Crippen LogP contribution in [0.1, 0.15) is 55.3 Å². The zero-order valence-corrected chi connectivity index (χ0v) is 13.4. The molecule has 1 rings (SSSR count). The molecule has 0 aliphatic heterocycles. The maximum absolute atomic E-state index is 10.7. The molecule has 0 aliphatic carbocycles. The molecule has 3 nitrogen and oxygen atoms in total. The first kappa shape index (κ1) is 17.0. The van der Waals surface area contributed by atoms with E-state index in [-0.39, 0.29) is 0 Å². The summed E-state index contributed by atoms with van der Waals surface area (Å²) in [5.41, 5.74) is 0.292. The second kappa shape index (κ2) is 10.7. The van der Waals surface area contributed by atoms with Crippen molar-refractivity contribution in [1.29, 1.82) is 0 Å². The molecule has 1 aromatic carbocycles. The lowest BCUT2D eigenvalue weighted by molar-refractivity contribution is 0.0697. The highest BCUT2D eigenvalue weighted by atomic mass is 79.9. The second-order valence-electron chi connectivity index (χ2n) is 4.84. The van der Waals surface area contributed by atoms with E-state index in [1.165, 1.54) is 38.5 Å². The monoisotopic (exact) mass is 342 g/mol. The number of benzene rings is 1. The third-order valence-corrected chi connectivity index (χ3v) is 3.71. The van der Waals surface area contributed by atoms with Crippen LogP contribution in [0.3, 0.4) is 0 Å². The number of carboxylic acids is 1. The number of aromatic carboxylic acids is 1. The van der Waals surface area contributed by atoms with Gasteiger partial charge < -0.3 is 9.84 Å². The lowest BCUT2D eigenvalue weighted by atomic mass is 10.1. The average Bonchev–Trinajstić information content (AvgIpc) is 2.46. The Bertz CT molecular complexity index is 376. The average molecular weight is 343 g/mol. The summed E-state index contributed by atoms with van der Waals surface area (Å²) in [4.78, 5) is 10.7. The van der Waals surface area contributed by atoms with Crippen molar-refractivity contribution in [2.45, 2.75) is 44.9 Å². The summed E-state index contributed by atoms with van der Waals surface area (Å²) >= 11 is 3.44. The van der Waals surface area contributed by atoms with Crippen LogP contribution in [0.25, 0.3) is 0 Å². The topological polar surface area (TPSA) is 46.5 Å². The van der Waals surface area contributed by atoms with Crippen LogP contribution in [0, 0.1) is 0 Å². The number of alkyl halides is 1. The number of ether oxygens (including phenoxy) is 1. The van der Waals surface area contributed by atoms with Gasteiger partial charge in [-0.3, -0.25) is 0 Å². The minimum absolute atomic E-state index is 0.292. The summed E-state index contributed by atoms with van der Waals surface area (Å²) < 4.78 is 5.59. The first-order valence-corrected chi connectivity index (χ1v) is 8.38. The number of unbranched alkanes of at least 4 members (excludes halogenated alkanes) is 6. The fraction of sp³-hybridized carbons (Fsp3) is 0.562. The Hall–Kier alpha value is -1.03. The largest absolute Gasteiger partial charge is 0.494 e. The Morgan fingerprint density at radius 2 is 1.50 bits per heavy atom. The molecule has 0 saturated heterocycles. The van der Waals surface area contributed by atoms with Crippen LogP contribution >= 0.6 is 15.9 Å². The molecule has 0 heterocycles. The third-order valence-electron chi connectivity index (χ3n) is 3.15. The van der Waals surface area contributed by atoms with Crippen LogP contribution in [0.5, 0.6) is 5.75 Å². The van der Waals surface area contributed by atoms with Crippen molar-refractivity contribution in [3.8, 4) is 5.75 Å². The van der Waals surface area contributed by atoms with Gasteiger partial charge in [-0.25, -0.2) is 4.79 Å². The SMILES string of the molecule is O=C(O)c1ccc(OCCCCCCCCCBr)cc1. The normalized spacial score (nSPS) is 10.4. The first-order valence-electron chi connectivity index (χ1n) is 7.26. The van der Waals surface area contributed by atoms with E-state index in [9.17, 15) is 4.79 Å². The number of rotatable bonds is 11. The lowest BCUT2D eigenvalue weighted by Gasteiger charge is -2.06. The molecule has 0 amide bonds. The van der Waals surface area contributed by atoms with Gasteiger partial charge >= 0.3 is 5.97 Å². The highest BCUT2D eigenvalue weighted by Gasteiger charge is 2.01. The minimum Gasteiger partial charge on any atom is -0.494 e. The van der Waals surface area contributed by atoms with Crippen molar-refractivity contribution >= 4 is 21.9 Å². The number of hydrogen-bond donors (Lipinski definition) is 1. The van der Waals surface area contributed by atoms with E-state index in [2.05, 4.69) is 15.9 Å². The zero-order chi connectivity index (χ0) is 14.6. The van der Waals surface area contributed by atoms with Crippen molar-refractivity contribution in [2.24, 2.45) is 0 Å². The maximum atomic E-state index is 10.7. The molecule has 1 aromatic rings. The molecule has 0 aromatic heterocycles. The summed E-state index contributed by atoms with van der Waals surface area (Å²) in [5.74, 6) is -0.163. The molecular formula is C16H23BrO3. The number of carbonyl (C=O) groups is 1. The Labute approximate surface area is 129 Å². The van der Waals surface area contributed by atoms with Gasteiger partial charge in [0.1, 0.15) is 5.75 Å². The van der Waals surface area contributed by atoms with E-state index in [0.717, 1.165) is 17.5 Å². The molecule has 0 aliphatic rings. The van der Waals surface area contributed by atoms with Gasteiger partial charge in [-0.15, -0.1) is 0 Å². The molecule has 0 bridgehead atoms. The van der Waals surface area contributed by atoms with Crippen LogP contribution in [-0.2, 0) is 0 Å². The summed E-state index contributed by atoms with van der Waals surface area (Å²) in [6, 6.07) is 6.57. The zero-order valence-electron chi connectivity index (χ0n) is 11.8. The van der Waals surface area contributed by atoms with Crippen molar-refractivity contribution in [2.75, 3.05) is 11.9 Å². The fourth-order valence-corrected chi connectivity index (χ4v) is 2.36. The van der Waals surface area contributed by atoms with Crippen LogP contribution in [0.2, 0.25) is 0 Å². The van der Waals surface area contributed by atoms with Crippen LogP contribution in [-0.4, -0.2) is 23.0 Å². The van der Waals surface area contributed by atoms with E-state index in [1.807, 2.05) is 0 Å². The number of carboxylic acid groups (broad SMARTS) is 1. The van der Waals surface area contributed by atoms with Crippen LogP contribution in [0.4, 0.5) is 0 Å². The highest BCUT2D eigenvalue weighted by Crippen LogP contribution is 2.13. The molecule has 0 fully saturated rings. The van der Waals surface area contributed by atoms with Crippen LogP contribution < -0.4 is 4.74 Å². The predicted molar refractivity (Wildman–Crippen MR) is 85.0 cm³/mol. The smallest absolute Gasteiger partial charge is 0.335 e. The third kappa shape index (κ3) is 7.53. The first-order chi connectivity index (χ1) is 9.74. The minimum atomic E-state index is -0.906. The van der Waals surface area contributed by atoms with Gasteiger partial charge in [-0.2, -0.15) is 0 Å². The van der Waals surface area contributed by atoms with Gasteiger partial charge in [0.05, 0.1) is 12.2 Å². The van der Waals surface area contributed by atoms with E-state index in [1.54, 1.807) is 24.3 Å². The Morgan fingerprint density at radius 3 is 2.05 bits per heavy atom. The molecule has 0 saturated carbocycles. The molecule has 0 spiro atoms. The van der Waals surface area contributed by atoms with Gasteiger partial charge in [0.25, 0.3) is 0 Å². The summed E-state index contributed by atoms with van der Waals surface area (Å²) in [6.07, 6.45) is 8.74. The van der Waals surface area contributed by atoms with E-state index < -0.39 is 5.97 Å². The van der Waals surface area contributed by atoms with Crippen molar-refractivity contribution in [1.82, 2.24) is 0 Å². The van der Waals surface area contributed by atoms with Gasteiger partial charge in [-0.1, -0.05) is 48.0 Å². The lowest BCUT2D eigenvalue weighted by Crippen LogP contribution is -1.99. The van der Waals surface area contributed by atoms with E-state index >= 15 is 0 Å². The maximum Gasteiger partial charge on any atom is 0.335 e. The Balaban J connectivity index is 2.02. The molecule has 112 valence electrons. The summed E-state index contributed by atoms with van der Waals surface area (Å²) in [6.45, 7) is 0.702. The van der Waals surface area contributed by atoms with Crippen molar-refractivity contribution in [3.05, 3.63) is 29.8 Å². The highest BCUT2D eigenvalue weighted by molar-refractivity contribution is 9.09. The fourth-order valence-electron chi connectivity index (χ4n) is 1.96. The Morgan fingerprint density at radius 1 is 0.950 bits per heavy atom. The van der Waals surface area contributed by atoms with E-state index in [0.29, 0.717) is 12.2 Å². The molecule has 0 unspecified atom stereocenters. The Kier molecular flexibility index (Phi) is 9.13. The van der Waals surface area contributed by atoms with Gasteiger partial charge in [-0.05, 0) is 37.1 Å². The molecule has 1 N–H and O–H groups in total. The standard InChI is InChI=1S/C16H23BrO3/c17-12-6-4-2-1-3-5-7-13-20-15-10-8-14(9-11-15)16(18)19/h8-11H,1-7,12-13H2,(H,18,19).